The Balaban J connectivity index is 0.00000192. The molecule has 1 unspecified atom stereocenters. The molecule has 2 N–H and O–H groups in total. The Labute approximate surface area is 154 Å². The number of rotatable bonds is 2. The van der Waals surface area contributed by atoms with E-state index < -0.39 is 6.10 Å². The number of phenols is 2. The fraction of sp³-hybridized carbons (Fsp3) is 0.188. The van der Waals surface area contributed by atoms with Crippen LogP contribution < -0.4 is 44.1 Å². The molecule has 0 saturated carbocycles. The quantitative estimate of drug-likeness (QED) is 0.680. The third-order valence-corrected chi connectivity index (χ3v) is 3.54. The van der Waals surface area contributed by atoms with Gasteiger partial charge in [-0.2, -0.15) is 0 Å². The Hall–Kier alpha value is -1.89. The third-order valence-electron chi connectivity index (χ3n) is 3.54. The Morgan fingerprint density at radius 2 is 2.00 bits per heavy atom. The molecule has 0 aliphatic carbocycles. The molecular weight excluding hydrogens is 311 g/mol. The van der Waals surface area contributed by atoms with Gasteiger partial charge < -0.3 is 24.8 Å². The predicted octanol–water partition coefficient (Wildman–Crippen LogP) is -1.11. The second kappa shape index (κ2) is 6.70. The summed E-state index contributed by atoms with van der Waals surface area (Å²) in [5.74, 6) is -0.789. The van der Waals surface area contributed by atoms with Crippen LogP contribution in [0, 0.1) is 0 Å². The number of ketones is 1. The number of carbonyl (C=O) groups excluding carboxylic acids is 1. The van der Waals surface area contributed by atoms with E-state index >= 15 is 0 Å². The summed E-state index contributed by atoms with van der Waals surface area (Å²) >= 11 is 0. The Morgan fingerprint density at radius 1 is 1.26 bits per heavy atom. The molecule has 0 saturated heterocycles. The number of aromatic hydroxyl groups is 2. The second-order valence-electron chi connectivity index (χ2n) is 4.98. The third kappa shape index (κ3) is 3.24. The summed E-state index contributed by atoms with van der Waals surface area (Å²) in [7, 11) is 1.39. The summed E-state index contributed by atoms with van der Waals surface area (Å²) < 4.78 is 10.7. The van der Waals surface area contributed by atoms with Gasteiger partial charge in [-0.15, -0.1) is 0 Å². The first kappa shape index (κ1) is 17.5. The van der Waals surface area contributed by atoms with E-state index in [1.165, 1.54) is 25.3 Å². The van der Waals surface area contributed by atoms with Crippen LogP contribution in [0.15, 0.2) is 30.3 Å². The molecular formula is C16H13NaO6. The van der Waals surface area contributed by atoms with Crippen LogP contribution >= 0.6 is 0 Å². The maximum atomic E-state index is 12.2. The minimum atomic E-state index is -0.615. The van der Waals surface area contributed by atoms with Crippen molar-refractivity contribution < 1.29 is 59.1 Å². The summed E-state index contributed by atoms with van der Waals surface area (Å²) in [6.45, 7) is 0. The van der Waals surface area contributed by atoms with Gasteiger partial charge in [0, 0.05) is 12.1 Å². The number of ether oxygens (including phenoxy) is 2. The number of carbonyl (C=O) groups is 1. The van der Waals surface area contributed by atoms with Crippen LogP contribution in [0.1, 0.15) is 28.4 Å². The van der Waals surface area contributed by atoms with Crippen LogP contribution in [-0.4, -0.2) is 23.1 Å². The van der Waals surface area contributed by atoms with Gasteiger partial charge in [-0.1, -0.05) is 17.9 Å². The zero-order valence-corrected chi connectivity index (χ0v) is 14.7. The van der Waals surface area contributed by atoms with E-state index in [2.05, 4.69) is 0 Å². The summed E-state index contributed by atoms with van der Waals surface area (Å²) in [4.78, 5) is 12.2. The molecule has 114 valence electrons. The average Bonchev–Trinajstić information content (AvgIpc) is 2.46. The molecule has 2 aromatic rings. The number of hydrogen-bond acceptors (Lipinski definition) is 6. The zero-order valence-electron chi connectivity index (χ0n) is 12.7. The van der Waals surface area contributed by atoms with Gasteiger partial charge in [0.2, 0.25) is 0 Å². The molecule has 23 heavy (non-hydrogen) atoms. The van der Waals surface area contributed by atoms with E-state index in [9.17, 15) is 20.1 Å². The predicted molar refractivity (Wildman–Crippen MR) is 74.5 cm³/mol. The van der Waals surface area contributed by atoms with Crippen LogP contribution in [0.25, 0.3) is 0 Å². The topological polar surface area (TPSA) is 99.1 Å². The summed E-state index contributed by atoms with van der Waals surface area (Å²) in [5.41, 5.74) is 0.666. The van der Waals surface area contributed by atoms with Crippen molar-refractivity contribution in [1.82, 2.24) is 0 Å². The van der Waals surface area contributed by atoms with Gasteiger partial charge in [0.25, 0.3) is 0 Å². The first-order valence-electron chi connectivity index (χ1n) is 6.60. The average molecular weight is 324 g/mol. The smallest absolute Gasteiger partial charge is 0.870 e. The van der Waals surface area contributed by atoms with Gasteiger partial charge in [0.15, 0.2) is 5.78 Å². The van der Waals surface area contributed by atoms with Crippen molar-refractivity contribution in [2.45, 2.75) is 12.5 Å². The van der Waals surface area contributed by atoms with E-state index in [0.29, 0.717) is 5.56 Å². The van der Waals surface area contributed by atoms with Gasteiger partial charge >= 0.3 is 29.6 Å². The molecule has 0 amide bonds. The van der Waals surface area contributed by atoms with Crippen LogP contribution in [0.2, 0.25) is 0 Å². The standard InChI is InChI=1S/C16H14O6.Na/c1-21-14-4-8(2-3-10(14)18)13-7-12(20)16-11(19)5-9(17)6-15(16)22-13;/h2-6,13,17-19H,7H2,1H3;/q;+1/p-1. The number of phenolic OH excluding ortho intramolecular Hbond substituents is 2. The minimum Gasteiger partial charge on any atom is -0.870 e. The second-order valence-corrected chi connectivity index (χ2v) is 4.98. The number of Topliss-reactive ketones (excluding diaryl/α,β-unsaturated/α-hetero) is 1. The SMILES string of the molecule is COc1cc(C2CC(=O)c3c(O)cc(O)cc3O2)ccc1[O-].[Na+]. The van der Waals surface area contributed by atoms with Crippen molar-refractivity contribution in [3.63, 3.8) is 0 Å². The molecule has 0 fully saturated rings. The van der Waals surface area contributed by atoms with Crippen molar-refractivity contribution in [3.8, 4) is 28.7 Å². The van der Waals surface area contributed by atoms with Crippen LogP contribution in [0.5, 0.6) is 28.7 Å². The molecule has 1 aliphatic heterocycles. The molecule has 1 atom stereocenters. The monoisotopic (exact) mass is 324 g/mol. The van der Waals surface area contributed by atoms with Crippen LogP contribution in [0.4, 0.5) is 0 Å². The van der Waals surface area contributed by atoms with Gasteiger partial charge in [-0.25, -0.2) is 0 Å². The van der Waals surface area contributed by atoms with Crippen LogP contribution in [-0.2, 0) is 0 Å². The number of methoxy groups -OCH3 is 1. The first-order valence-corrected chi connectivity index (χ1v) is 6.60. The molecule has 0 radical (unpaired) electrons. The Kier molecular flexibility index (Phi) is 5.09. The van der Waals surface area contributed by atoms with E-state index in [0.717, 1.165) is 6.07 Å². The fourth-order valence-corrected chi connectivity index (χ4v) is 2.50. The molecule has 6 nitrogen and oxygen atoms in total. The molecule has 7 heteroatoms. The normalized spacial score (nSPS) is 16.0. The summed E-state index contributed by atoms with van der Waals surface area (Å²) in [6, 6.07) is 6.80. The van der Waals surface area contributed by atoms with Gasteiger partial charge in [-0.3, -0.25) is 4.79 Å². The molecule has 1 aliphatic rings. The van der Waals surface area contributed by atoms with E-state index in [1.54, 1.807) is 6.07 Å². The van der Waals surface area contributed by atoms with E-state index in [-0.39, 0.29) is 76.1 Å². The van der Waals surface area contributed by atoms with Crippen molar-refractivity contribution in [1.29, 1.82) is 0 Å². The van der Waals surface area contributed by atoms with Crippen molar-refractivity contribution >= 4 is 5.78 Å². The first-order chi connectivity index (χ1) is 10.5. The molecule has 3 rings (SSSR count). The zero-order chi connectivity index (χ0) is 15.9. The van der Waals surface area contributed by atoms with Gasteiger partial charge in [0.1, 0.15) is 34.7 Å². The van der Waals surface area contributed by atoms with Gasteiger partial charge in [0.05, 0.1) is 13.5 Å². The van der Waals surface area contributed by atoms with Crippen molar-refractivity contribution in [2.24, 2.45) is 0 Å². The van der Waals surface area contributed by atoms with Crippen molar-refractivity contribution in [3.05, 3.63) is 41.5 Å². The van der Waals surface area contributed by atoms with E-state index in [1.807, 2.05) is 0 Å². The Morgan fingerprint density at radius 3 is 2.70 bits per heavy atom. The van der Waals surface area contributed by atoms with Gasteiger partial charge in [-0.05, 0) is 11.6 Å². The number of fused-ring (bicyclic) bond motifs is 1. The summed E-state index contributed by atoms with van der Waals surface area (Å²) in [6.07, 6.45) is -0.595. The molecule has 0 aromatic heterocycles. The maximum Gasteiger partial charge on any atom is 1.00 e. The number of benzene rings is 2. The maximum absolute atomic E-state index is 12.2. The molecule has 0 bridgehead atoms. The molecule has 2 aromatic carbocycles. The van der Waals surface area contributed by atoms with E-state index in [4.69, 9.17) is 9.47 Å². The van der Waals surface area contributed by atoms with Crippen molar-refractivity contribution in [2.75, 3.05) is 7.11 Å². The Bertz CT molecular complexity index is 758. The largest absolute Gasteiger partial charge is 1.00 e. The molecule has 1 heterocycles. The minimum absolute atomic E-state index is 0. The fourth-order valence-electron chi connectivity index (χ4n) is 2.50. The number of hydrogen-bond donors (Lipinski definition) is 2. The van der Waals surface area contributed by atoms with Crippen LogP contribution in [0.3, 0.4) is 0 Å². The molecule has 0 spiro atoms. The summed E-state index contributed by atoms with van der Waals surface area (Å²) in [5, 5.41) is 30.8.